The highest BCUT2D eigenvalue weighted by Gasteiger charge is 2.60. The molecule has 112 valence electrons. The summed E-state index contributed by atoms with van der Waals surface area (Å²) >= 11 is 2.32. The van der Waals surface area contributed by atoms with E-state index in [0.29, 0.717) is 6.42 Å². The lowest BCUT2D eigenvalue weighted by Gasteiger charge is -2.19. The van der Waals surface area contributed by atoms with Crippen LogP contribution in [0.15, 0.2) is 10.6 Å². The van der Waals surface area contributed by atoms with Gasteiger partial charge in [-0.25, -0.2) is 4.79 Å². The van der Waals surface area contributed by atoms with Crippen LogP contribution >= 0.6 is 15.9 Å². The van der Waals surface area contributed by atoms with Gasteiger partial charge in [0, 0.05) is 0 Å². The molecule has 1 rings (SSSR count). The van der Waals surface area contributed by atoms with Crippen LogP contribution in [-0.4, -0.2) is 28.5 Å². The molecule has 3 nitrogen and oxygen atoms in total. The number of halogens is 6. The van der Waals surface area contributed by atoms with E-state index < -0.39 is 22.7 Å². The van der Waals surface area contributed by atoms with E-state index in [1.165, 1.54) is 0 Å². The average Bonchev–Trinajstić information content (AvgIpc) is 2.70. The molecule has 0 aromatic heterocycles. The van der Waals surface area contributed by atoms with Crippen molar-refractivity contribution in [1.29, 1.82) is 0 Å². The third-order valence-corrected chi connectivity index (χ3v) is 3.36. The van der Waals surface area contributed by atoms with Crippen LogP contribution in [0.1, 0.15) is 20.3 Å². The normalized spacial score (nSPS) is 22.3. The molecule has 1 fully saturated rings. The Hall–Kier alpha value is -0.860. The van der Waals surface area contributed by atoms with Crippen molar-refractivity contribution >= 4 is 22.1 Å². The van der Waals surface area contributed by atoms with E-state index in [1.54, 1.807) is 0 Å². The van der Waals surface area contributed by atoms with Crippen LogP contribution in [0.4, 0.5) is 26.7 Å². The number of carbonyl (C=O) groups is 1. The van der Waals surface area contributed by atoms with Crippen molar-refractivity contribution in [2.45, 2.75) is 32.4 Å². The van der Waals surface area contributed by atoms with E-state index in [1.807, 2.05) is 13.8 Å². The van der Waals surface area contributed by atoms with E-state index in [9.17, 15) is 22.0 Å². The van der Waals surface area contributed by atoms with E-state index in [2.05, 4.69) is 15.9 Å². The van der Waals surface area contributed by atoms with Gasteiger partial charge >= 0.3 is 18.3 Å². The molecule has 0 saturated heterocycles. The Kier molecular flexibility index (Phi) is 5.38. The lowest BCUT2D eigenvalue weighted by Crippen LogP contribution is -2.36. The van der Waals surface area contributed by atoms with Gasteiger partial charge in [-0.05, 0) is 33.7 Å². The Labute approximate surface area is 114 Å². The van der Waals surface area contributed by atoms with Gasteiger partial charge in [0.1, 0.15) is 0 Å². The van der Waals surface area contributed by atoms with Crippen LogP contribution in [0.25, 0.3) is 0 Å². The minimum atomic E-state index is -5.54. The third-order valence-electron chi connectivity index (χ3n) is 2.59. The molecule has 0 amide bonds. The summed E-state index contributed by atoms with van der Waals surface area (Å²) in [6.07, 6.45) is -5.77. The predicted molar refractivity (Wildman–Crippen MR) is 60.6 cm³/mol. The zero-order valence-corrected chi connectivity index (χ0v) is 11.5. The summed E-state index contributed by atoms with van der Waals surface area (Å²) < 4.78 is 60.1. The van der Waals surface area contributed by atoms with Gasteiger partial charge in [0.25, 0.3) is 0 Å². The van der Waals surface area contributed by atoms with Gasteiger partial charge in [0.05, 0.1) is 4.48 Å². The molecule has 1 aliphatic rings. The minimum Gasteiger partial charge on any atom is -0.450 e. The zero-order chi connectivity index (χ0) is 15.6. The molecule has 1 unspecified atom stereocenters. The van der Waals surface area contributed by atoms with Crippen LogP contribution in [0, 0.1) is 11.3 Å². The van der Waals surface area contributed by atoms with Gasteiger partial charge < -0.3 is 10.2 Å². The predicted octanol–water partition coefficient (Wildman–Crippen LogP) is 4.73. The molecule has 0 aromatic rings. The summed E-state index contributed by atoms with van der Waals surface area (Å²) in [6, 6.07) is 0. The number of allylic oxidation sites excluding steroid dienone is 2. The molecule has 0 aliphatic heterocycles. The van der Waals surface area contributed by atoms with Crippen molar-refractivity contribution in [1.82, 2.24) is 0 Å². The molecule has 1 atom stereocenters. The fourth-order valence-corrected chi connectivity index (χ4v) is 1.75. The number of alkyl halides is 5. The Balaban J connectivity index is 0.000000711. The first-order valence-corrected chi connectivity index (χ1v) is 5.75. The van der Waals surface area contributed by atoms with Crippen LogP contribution < -0.4 is 0 Å². The summed E-state index contributed by atoms with van der Waals surface area (Å²) in [5.41, 5.74) is -0.166. The molecule has 0 bridgehead atoms. The van der Waals surface area contributed by atoms with Gasteiger partial charge in [0.15, 0.2) is 0 Å². The molecule has 0 aromatic carbocycles. The number of hydrogen-bond donors (Lipinski definition) is 2. The molecule has 1 saturated carbocycles. The quantitative estimate of drug-likeness (QED) is 0.704. The maximum absolute atomic E-state index is 12.7. The first-order chi connectivity index (χ1) is 8.22. The van der Waals surface area contributed by atoms with E-state index in [4.69, 9.17) is 15.0 Å². The maximum Gasteiger partial charge on any atom is 0.503 e. The summed E-state index contributed by atoms with van der Waals surface area (Å²) in [5, 5.41) is 13.9. The fourth-order valence-electron chi connectivity index (χ4n) is 1.21. The van der Waals surface area contributed by atoms with Crippen molar-refractivity contribution in [3.05, 3.63) is 10.6 Å². The molecule has 0 heterocycles. The standard InChI is InChI=1S/C9H10BrF5.CH2O3/c1-7(2)4-5(7)3-6(10)8(11,12)9(13,14)15;2-1(3)4/h3,5H,4H2,1-2H3;(H2,2,3,4). The molecule has 19 heavy (non-hydrogen) atoms. The van der Waals surface area contributed by atoms with Crippen LogP contribution in [0.2, 0.25) is 0 Å². The zero-order valence-electron chi connectivity index (χ0n) is 9.93. The second-order valence-corrected chi connectivity index (χ2v) is 5.52. The summed E-state index contributed by atoms with van der Waals surface area (Å²) in [7, 11) is 0. The van der Waals surface area contributed by atoms with E-state index >= 15 is 0 Å². The topological polar surface area (TPSA) is 57.5 Å². The minimum absolute atomic E-state index is 0.166. The Morgan fingerprint density at radius 3 is 1.79 bits per heavy atom. The summed E-state index contributed by atoms with van der Waals surface area (Å²) in [5.74, 6) is -4.99. The van der Waals surface area contributed by atoms with Crippen LogP contribution in [0.3, 0.4) is 0 Å². The second kappa shape index (κ2) is 5.64. The monoisotopic (exact) mass is 354 g/mol. The van der Waals surface area contributed by atoms with Crippen molar-refractivity contribution in [3.63, 3.8) is 0 Å². The van der Waals surface area contributed by atoms with Gasteiger partial charge in [-0.2, -0.15) is 22.0 Å². The van der Waals surface area contributed by atoms with Crippen molar-refractivity contribution in [2.75, 3.05) is 0 Å². The van der Waals surface area contributed by atoms with Gasteiger partial charge in [-0.3, -0.25) is 0 Å². The molecule has 0 spiro atoms. The fraction of sp³-hybridized carbons (Fsp3) is 0.700. The average molecular weight is 355 g/mol. The smallest absolute Gasteiger partial charge is 0.450 e. The van der Waals surface area contributed by atoms with E-state index in [-0.39, 0.29) is 11.3 Å². The molecule has 9 heteroatoms. The second-order valence-electron chi connectivity index (χ2n) is 4.67. The highest BCUT2D eigenvalue weighted by molar-refractivity contribution is 9.11. The molecular weight excluding hydrogens is 343 g/mol. The van der Waals surface area contributed by atoms with E-state index in [0.717, 1.165) is 6.08 Å². The first kappa shape index (κ1) is 18.1. The lowest BCUT2D eigenvalue weighted by atomic mass is 10.1. The third kappa shape index (κ3) is 5.33. The largest absolute Gasteiger partial charge is 0.503 e. The summed E-state index contributed by atoms with van der Waals surface area (Å²) in [4.78, 5) is 8.56. The number of carboxylic acid groups (broad SMARTS) is 2. The first-order valence-electron chi connectivity index (χ1n) is 4.96. The van der Waals surface area contributed by atoms with Crippen LogP contribution in [0.5, 0.6) is 0 Å². The molecular formula is C10H12BrF5O3. The Bertz CT molecular complexity index is 372. The lowest BCUT2D eigenvalue weighted by molar-refractivity contribution is -0.260. The summed E-state index contributed by atoms with van der Waals surface area (Å²) in [6.45, 7) is 3.64. The Morgan fingerprint density at radius 1 is 1.26 bits per heavy atom. The molecule has 1 aliphatic carbocycles. The molecule has 2 N–H and O–H groups in total. The van der Waals surface area contributed by atoms with Crippen molar-refractivity contribution < 1.29 is 37.0 Å². The Morgan fingerprint density at radius 2 is 1.58 bits per heavy atom. The van der Waals surface area contributed by atoms with Crippen molar-refractivity contribution in [2.24, 2.45) is 11.3 Å². The van der Waals surface area contributed by atoms with Crippen molar-refractivity contribution in [3.8, 4) is 0 Å². The molecule has 0 radical (unpaired) electrons. The highest BCUT2D eigenvalue weighted by Crippen LogP contribution is 2.55. The van der Waals surface area contributed by atoms with Crippen LogP contribution in [-0.2, 0) is 0 Å². The maximum atomic E-state index is 12.7. The number of rotatable bonds is 2. The van der Waals surface area contributed by atoms with Gasteiger partial charge in [-0.1, -0.05) is 19.9 Å². The van der Waals surface area contributed by atoms with Gasteiger partial charge in [0.2, 0.25) is 0 Å². The highest BCUT2D eigenvalue weighted by atomic mass is 79.9. The number of hydrogen-bond acceptors (Lipinski definition) is 1. The van der Waals surface area contributed by atoms with Gasteiger partial charge in [-0.15, -0.1) is 0 Å². The SMILES string of the molecule is CC1(C)CC1C=C(Br)C(F)(F)C(F)(F)F.O=C(O)O.